The molecule has 7 aromatic rings. The average Bonchev–Trinajstić information content (AvgIpc) is 3.65. The standard InChI is InChI=1S/C35H32N9/c1-5-44-29-23-15-13-21-27(29)31(33(44)25-18-10-7-11-19-25)37-39-35-42(3)34(40-43(35)4)38-36-30-26-20-12-14-22-28(26)41(2)32(30)24-16-8-6-9-17-24/h6-23H,5H2,1-4H3/q+1. The van der Waals surface area contributed by atoms with Crippen molar-refractivity contribution in [3.05, 3.63) is 109 Å². The minimum absolute atomic E-state index is 0.424. The van der Waals surface area contributed by atoms with Gasteiger partial charge < -0.3 is 9.13 Å². The van der Waals surface area contributed by atoms with E-state index in [1.54, 1.807) is 4.68 Å². The summed E-state index contributed by atoms with van der Waals surface area (Å²) in [6.45, 7) is 2.96. The molecule has 0 amide bonds. The Morgan fingerprint density at radius 3 is 1.80 bits per heavy atom. The summed E-state index contributed by atoms with van der Waals surface area (Å²) < 4.78 is 7.94. The first-order valence-electron chi connectivity index (χ1n) is 14.6. The van der Waals surface area contributed by atoms with Crippen LogP contribution in [0.25, 0.3) is 44.3 Å². The molecule has 7 rings (SSSR count). The van der Waals surface area contributed by atoms with Gasteiger partial charge in [-0.25, -0.2) is 4.57 Å². The molecule has 9 nitrogen and oxygen atoms in total. The van der Waals surface area contributed by atoms with Crippen LogP contribution in [-0.4, -0.2) is 18.9 Å². The Balaban J connectivity index is 1.31. The molecule has 0 unspecified atom stereocenters. The fraction of sp³-hybridized carbons (Fsp3) is 0.143. The lowest BCUT2D eigenvalue weighted by Crippen LogP contribution is -2.26. The third-order valence-corrected chi connectivity index (χ3v) is 8.04. The van der Waals surface area contributed by atoms with Crippen molar-refractivity contribution in [2.45, 2.75) is 13.5 Å². The summed E-state index contributed by atoms with van der Waals surface area (Å²) in [5.41, 5.74) is 8.01. The number of benzene rings is 4. The van der Waals surface area contributed by atoms with Gasteiger partial charge >= 0.3 is 11.9 Å². The van der Waals surface area contributed by atoms with E-state index < -0.39 is 0 Å². The molecule has 3 aromatic heterocycles. The maximum absolute atomic E-state index is 4.85. The van der Waals surface area contributed by atoms with Gasteiger partial charge in [-0.2, -0.15) is 0 Å². The molecule has 0 fully saturated rings. The Hall–Kier alpha value is -5.70. The number of fused-ring (bicyclic) bond motifs is 2. The van der Waals surface area contributed by atoms with Crippen LogP contribution in [0, 0.1) is 0 Å². The summed E-state index contributed by atoms with van der Waals surface area (Å²) in [5.74, 6) is 0.972. The fourth-order valence-corrected chi connectivity index (χ4v) is 5.97. The summed E-state index contributed by atoms with van der Waals surface area (Å²) in [5, 5.41) is 25.7. The maximum Gasteiger partial charge on any atom is 0.404 e. The first-order chi connectivity index (χ1) is 21.6. The first kappa shape index (κ1) is 27.2. The first-order valence-corrected chi connectivity index (χ1v) is 14.6. The van der Waals surface area contributed by atoms with E-state index in [0.29, 0.717) is 11.9 Å². The zero-order valence-corrected chi connectivity index (χ0v) is 25.1. The Morgan fingerprint density at radius 2 is 1.14 bits per heavy atom. The van der Waals surface area contributed by atoms with Crippen molar-refractivity contribution < 1.29 is 4.57 Å². The highest BCUT2D eigenvalue weighted by atomic mass is 15.5. The van der Waals surface area contributed by atoms with Gasteiger partial charge in [0, 0.05) is 47.6 Å². The van der Waals surface area contributed by atoms with Gasteiger partial charge in [-0.15, -0.1) is 4.68 Å². The second-order valence-corrected chi connectivity index (χ2v) is 10.6. The van der Waals surface area contributed by atoms with Gasteiger partial charge in [0.25, 0.3) is 0 Å². The van der Waals surface area contributed by atoms with Crippen LogP contribution in [0.5, 0.6) is 0 Å². The zero-order valence-electron chi connectivity index (χ0n) is 25.1. The van der Waals surface area contributed by atoms with Crippen molar-refractivity contribution in [1.29, 1.82) is 0 Å². The van der Waals surface area contributed by atoms with E-state index >= 15 is 0 Å². The summed E-state index contributed by atoms with van der Waals surface area (Å²) in [7, 11) is 5.78. The van der Waals surface area contributed by atoms with Crippen LogP contribution in [0.1, 0.15) is 6.92 Å². The molecule has 3 heterocycles. The molecular formula is C35H32N9+. The van der Waals surface area contributed by atoms with E-state index in [0.717, 1.165) is 62.2 Å². The van der Waals surface area contributed by atoms with Gasteiger partial charge in [0.1, 0.15) is 11.4 Å². The molecule has 0 radical (unpaired) electrons. The molecule has 0 spiro atoms. The van der Waals surface area contributed by atoms with Crippen molar-refractivity contribution in [2.24, 2.45) is 41.6 Å². The third kappa shape index (κ3) is 4.50. The van der Waals surface area contributed by atoms with Crippen LogP contribution in [0.2, 0.25) is 0 Å². The molecule has 0 bridgehead atoms. The quantitative estimate of drug-likeness (QED) is 0.137. The van der Waals surface area contributed by atoms with E-state index in [2.05, 4.69) is 87.9 Å². The van der Waals surface area contributed by atoms with E-state index in [-0.39, 0.29) is 0 Å². The van der Waals surface area contributed by atoms with Crippen LogP contribution in [0.4, 0.5) is 23.3 Å². The summed E-state index contributed by atoms with van der Waals surface area (Å²) in [4.78, 5) is 0. The highest BCUT2D eigenvalue weighted by molar-refractivity contribution is 6.01. The van der Waals surface area contributed by atoms with Crippen molar-refractivity contribution in [3.63, 3.8) is 0 Å². The molecule has 9 heteroatoms. The lowest BCUT2D eigenvalue weighted by molar-refractivity contribution is -0.646. The Morgan fingerprint density at radius 1 is 0.614 bits per heavy atom. The predicted octanol–water partition coefficient (Wildman–Crippen LogP) is 8.88. The van der Waals surface area contributed by atoms with Gasteiger partial charge in [0.2, 0.25) is 0 Å². The molecule has 216 valence electrons. The second kappa shape index (κ2) is 11.2. The second-order valence-electron chi connectivity index (χ2n) is 10.6. The molecule has 4 aromatic carbocycles. The normalized spacial score (nSPS) is 12.0. The number of aryl methyl sites for hydroxylation is 3. The number of rotatable bonds is 7. The Labute approximate surface area is 255 Å². The fourth-order valence-electron chi connectivity index (χ4n) is 5.97. The summed E-state index contributed by atoms with van der Waals surface area (Å²) in [6, 6.07) is 37.1. The number of nitrogens with zero attached hydrogens (tertiary/aromatic N) is 9. The zero-order chi connectivity index (χ0) is 30.2. The minimum Gasteiger partial charge on any atom is -0.342 e. The molecule has 0 aliphatic heterocycles. The lowest BCUT2D eigenvalue weighted by Gasteiger charge is -2.08. The molecule has 44 heavy (non-hydrogen) atoms. The Kier molecular flexibility index (Phi) is 6.90. The van der Waals surface area contributed by atoms with E-state index in [1.165, 1.54) is 0 Å². The summed E-state index contributed by atoms with van der Waals surface area (Å²) in [6.07, 6.45) is 0. The molecule has 0 N–H and O–H groups in total. The van der Waals surface area contributed by atoms with E-state index in [4.69, 9.17) is 15.3 Å². The van der Waals surface area contributed by atoms with Crippen molar-refractivity contribution in [3.8, 4) is 22.5 Å². The minimum atomic E-state index is 0.424. The van der Waals surface area contributed by atoms with Gasteiger partial charge in [-0.3, -0.25) is 0 Å². The van der Waals surface area contributed by atoms with E-state index in [1.807, 2.05) is 73.3 Å². The van der Waals surface area contributed by atoms with Gasteiger partial charge in [0.15, 0.2) is 0 Å². The van der Waals surface area contributed by atoms with Crippen LogP contribution in [-0.2, 0) is 27.7 Å². The number of aromatic nitrogens is 5. The molecule has 0 saturated heterocycles. The average molecular weight is 579 g/mol. The SMILES string of the molecule is CCn1c(-c2ccccc2)c(N=Nc2n(C)nc(N=Nc3c(-c4ccccc4)n(C)c4ccccc34)[n+]2C)c2ccccc21. The maximum atomic E-state index is 4.85. The number of azo groups is 2. The molecule has 0 atom stereocenters. The van der Waals surface area contributed by atoms with Crippen molar-refractivity contribution in [2.75, 3.05) is 0 Å². The highest BCUT2D eigenvalue weighted by Gasteiger charge is 2.23. The largest absolute Gasteiger partial charge is 0.404 e. The van der Waals surface area contributed by atoms with Crippen molar-refractivity contribution in [1.82, 2.24) is 18.9 Å². The van der Waals surface area contributed by atoms with Gasteiger partial charge in [-0.1, -0.05) is 107 Å². The number of para-hydroxylation sites is 2. The predicted molar refractivity (Wildman–Crippen MR) is 174 cm³/mol. The molecule has 0 aliphatic rings. The van der Waals surface area contributed by atoms with Crippen LogP contribution < -0.4 is 4.57 Å². The smallest absolute Gasteiger partial charge is 0.342 e. The molecule has 0 aliphatic carbocycles. The van der Waals surface area contributed by atoms with Crippen LogP contribution in [0.3, 0.4) is 0 Å². The highest BCUT2D eigenvalue weighted by Crippen LogP contribution is 2.42. The lowest BCUT2D eigenvalue weighted by atomic mass is 10.1. The monoisotopic (exact) mass is 578 g/mol. The third-order valence-electron chi connectivity index (χ3n) is 8.04. The Bertz CT molecular complexity index is 2180. The van der Waals surface area contributed by atoms with Gasteiger partial charge in [0.05, 0.1) is 29.5 Å². The molecular weight excluding hydrogens is 546 g/mol. The number of hydrogen-bond donors (Lipinski definition) is 0. The van der Waals surface area contributed by atoms with Crippen LogP contribution in [0.15, 0.2) is 130 Å². The number of hydrogen-bond acceptors (Lipinski definition) is 5. The van der Waals surface area contributed by atoms with Gasteiger partial charge in [-0.05, 0) is 29.3 Å². The topological polar surface area (TPSA) is 81.0 Å². The van der Waals surface area contributed by atoms with E-state index in [9.17, 15) is 0 Å². The summed E-state index contributed by atoms with van der Waals surface area (Å²) >= 11 is 0. The molecule has 0 saturated carbocycles. The van der Waals surface area contributed by atoms with Crippen molar-refractivity contribution >= 4 is 45.1 Å². The van der Waals surface area contributed by atoms with Crippen LogP contribution >= 0.6 is 0 Å².